The summed E-state index contributed by atoms with van der Waals surface area (Å²) in [6, 6.07) is 2.96. The zero-order chi connectivity index (χ0) is 15.5. The van der Waals surface area contributed by atoms with Crippen LogP contribution in [-0.2, 0) is 4.74 Å². The molecule has 2 saturated heterocycles. The average Bonchev–Trinajstić information content (AvgIpc) is 2.99. The third-order valence-electron chi connectivity index (χ3n) is 4.31. The number of ether oxygens (including phenoxy) is 1. The first-order valence-electron chi connectivity index (χ1n) is 7.67. The fourth-order valence-corrected chi connectivity index (χ4v) is 3.09. The minimum atomic E-state index is -0.719. The SMILES string of the molecule is O=C(c1cc(F)cc(F)c1)N1CCN(C[C@H]2CCOC2)CC1. The minimum Gasteiger partial charge on any atom is -0.381 e. The first-order chi connectivity index (χ1) is 10.6. The van der Waals surface area contributed by atoms with E-state index in [2.05, 4.69) is 4.90 Å². The summed E-state index contributed by atoms with van der Waals surface area (Å²) >= 11 is 0. The van der Waals surface area contributed by atoms with Crippen molar-refractivity contribution in [1.29, 1.82) is 0 Å². The van der Waals surface area contributed by atoms with E-state index in [1.165, 1.54) is 0 Å². The monoisotopic (exact) mass is 310 g/mol. The van der Waals surface area contributed by atoms with E-state index in [0.717, 1.165) is 57.5 Å². The number of carbonyl (C=O) groups is 1. The van der Waals surface area contributed by atoms with Gasteiger partial charge in [-0.2, -0.15) is 0 Å². The molecule has 0 unspecified atom stereocenters. The summed E-state index contributed by atoms with van der Waals surface area (Å²) in [6.45, 7) is 5.42. The van der Waals surface area contributed by atoms with Gasteiger partial charge in [-0.3, -0.25) is 9.69 Å². The highest BCUT2D eigenvalue weighted by Crippen LogP contribution is 2.16. The van der Waals surface area contributed by atoms with Gasteiger partial charge in [0.15, 0.2) is 0 Å². The van der Waals surface area contributed by atoms with Gasteiger partial charge in [0, 0.05) is 51.0 Å². The molecule has 3 rings (SSSR count). The smallest absolute Gasteiger partial charge is 0.254 e. The number of carbonyl (C=O) groups excluding carboxylic acids is 1. The fourth-order valence-electron chi connectivity index (χ4n) is 3.09. The third-order valence-corrected chi connectivity index (χ3v) is 4.31. The van der Waals surface area contributed by atoms with Crippen molar-refractivity contribution < 1.29 is 18.3 Å². The number of hydrogen-bond donors (Lipinski definition) is 0. The van der Waals surface area contributed by atoms with Crippen LogP contribution in [0.4, 0.5) is 8.78 Å². The normalized spacial score (nSPS) is 23.0. The molecule has 2 fully saturated rings. The van der Waals surface area contributed by atoms with Crippen molar-refractivity contribution in [2.75, 3.05) is 45.9 Å². The summed E-state index contributed by atoms with van der Waals surface area (Å²) in [7, 11) is 0. The molecule has 0 spiro atoms. The summed E-state index contributed by atoms with van der Waals surface area (Å²) in [6.07, 6.45) is 1.10. The first kappa shape index (κ1) is 15.4. The zero-order valence-corrected chi connectivity index (χ0v) is 12.4. The van der Waals surface area contributed by atoms with Crippen molar-refractivity contribution in [1.82, 2.24) is 9.80 Å². The van der Waals surface area contributed by atoms with E-state index in [1.807, 2.05) is 0 Å². The molecule has 120 valence electrons. The molecule has 2 heterocycles. The molecule has 0 aliphatic carbocycles. The van der Waals surface area contributed by atoms with Gasteiger partial charge in [0.2, 0.25) is 0 Å². The van der Waals surface area contributed by atoms with Gasteiger partial charge in [-0.1, -0.05) is 0 Å². The lowest BCUT2D eigenvalue weighted by Gasteiger charge is -2.35. The van der Waals surface area contributed by atoms with Gasteiger partial charge in [0.05, 0.1) is 6.61 Å². The van der Waals surface area contributed by atoms with Crippen LogP contribution in [0.1, 0.15) is 16.8 Å². The Morgan fingerprint density at radius 3 is 2.41 bits per heavy atom. The van der Waals surface area contributed by atoms with Crippen LogP contribution < -0.4 is 0 Å². The molecule has 0 bridgehead atoms. The van der Waals surface area contributed by atoms with Crippen molar-refractivity contribution >= 4 is 5.91 Å². The van der Waals surface area contributed by atoms with Crippen molar-refractivity contribution in [3.8, 4) is 0 Å². The molecule has 1 atom stereocenters. The first-order valence-corrected chi connectivity index (χ1v) is 7.67. The van der Waals surface area contributed by atoms with Crippen LogP contribution in [0, 0.1) is 17.6 Å². The summed E-state index contributed by atoms with van der Waals surface area (Å²) in [5.41, 5.74) is 0.0788. The van der Waals surface area contributed by atoms with Gasteiger partial charge in [0.1, 0.15) is 11.6 Å². The lowest BCUT2D eigenvalue weighted by atomic mass is 10.1. The maximum atomic E-state index is 13.2. The molecule has 6 heteroatoms. The third kappa shape index (κ3) is 3.62. The number of amides is 1. The summed E-state index contributed by atoms with van der Waals surface area (Å²) < 4.78 is 31.8. The van der Waals surface area contributed by atoms with E-state index in [1.54, 1.807) is 4.90 Å². The molecule has 1 aromatic carbocycles. The van der Waals surface area contributed by atoms with Crippen LogP contribution in [0.25, 0.3) is 0 Å². The van der Waals surface area contributed by atoms with Crippen molar-refractivity contribution in [3.05, 3.63) is 35.4 Å². The Bertz CT molecular complexity index is 519. The molecule has 4 nitrogen and oxygen atoms in total. The van der Waals surface area contributed by atoms with Gasteiger partial charge in [-0.25, -0.2) is 8.78 Å². The number of piperazine rings is 1. The van der Waals surface area contributed by atoms with Crippen LogP contribution in [0.5, 0.6) is 0 Å². The molecule has 2 aliphatic heterocycles. The molecule has 1 amide bonds. The number of rotatable bonds is 3. The van der Waals surface area contributed by atoms with Crippen molar-refractivity contribution in [3.63, 3.8) is 0 Å². The maximum absolute atomic E-state index is 13.2. The Morgan fingerprint density at radius 1 is 1.14 bits per heavy atom. The average molecular weight is 310 g/mol. The van der Waals surface area contributed by atoms with E-state index in [4.69, 9.17) is 4.74 Å². The van der Waals surface area contributed by atoms with E-state index in [-0.39, 0.29) is 11.5 Å². The minimum absolute atomic E-state index is 0.0788. The van der Waals surface area contributed by atoms with Crippen LogP contribution in [-0.4, -0.2) is 61.6 Å². The van der Waals surface area contributed by atoms with Crippen LogP contribution in [0.3, 0.4) is 0 Å². The number of benzene rings is 1. The van der Waals surface area contributed by atoms with Gasteiger partial charge < -0.3 is 9.64 Å². The van der Waals surface area contributed by atoms with Gasteiger partial charge >= 0.3 is 0 Å². The van der Waals surface area contributed by atoms with Crippen LogP contribution in [0.15, 0.2) is 18.2 Å². The zero-order valence-electron chi connectivity index (χ0n) is 12.4. The van der Waals surface area contributed by atoms with Crippen LogP contribution >= 0.6 is 0 Å². The predicted molar refractivity (Wildman–Crippen MR) is 77.6 cm³/mol. The predicted octanol–water partition coefficient (Wildman–Crippen LogP) is 1.76. The van der Waals surface area contributed by atoms with E-state index in [0.29, 0.717) is 19.0 Å². The van der Waals surface area contributed by atoms with Gasteiger partial charge in [-0.15, -0.1) is 0 Å². The van der Waals surface area contributed by atoms with Crippen molar-refractivity contribution in [2.45, 2.75) is 6.42 Å². The number of halogens is 2. The molecule has 0 saturated carbocycles. The largest absolute Gasteiger partial charge is 0.381 e. The second-order valence-electron chi connectivity index (χ2n) is 5.98. The molecule has 0 aromatic heterocycles. The maximum Gasteiger partial charge on any atom is 0.254 e. The quantitative estimate of drug-likeness (QED) is 0.853. The van der Waals surface area contributed by atoms with E-state index >= 15 is 0 Å². The Balaban J connectivity index is 1.55. The Labute approximate surface area is 128 Å². The number of hydrogen-bond acceptors (Lipinski definition) is 3. The van der Waals surface area contributed by atoms with Gasteiger partial charge in [0.25, 0.3) is 5.91 Å². The highest BCUT2D eigenvalue weighted by atomic mass is 19.1. The van der Waals surface area contributed by atoms with E-state index in [9.17, 15) is 13.6 Å². The Hall–Kier alpha value is -1.53. The highest BCUT2D eigenvalue weighted by Gasteiger charge is 2.25. The summed E-state index contributed by atoms with van der Waals surface area (Å²) in [4.78, 5) is 16.3. The summed E-state index contributed by atoms with van der Waals surface area (Å²) in [5.74, 6) is -1.16. The molecular weight excluding hydrogens is 290 g/mol. The molecule has 0 N–H and O–H groups in total. The molecule has 0 radical (unpaired) electrons. The lowest BCUT2D eigenvalue weighted by Crippen LogP contribution is -2.49. The Kier molecular flexibility index (Phi) is 4.69. The van der Waals surface area contributed by atoms with Crippen LogP contribution in [0.2, 0.25) is 0 Å². The second-order valence-corrected chi connectivity index (χ2v) is 5.98. The second kappa shape index (κ2) is 6.71. The van der Waals surface area contributed by atoms with Gasteiger partial charge in [-0.05, 0) is 24.5 Å². The molecule has 1 aromatic rings. The van der Waals surface area contributed by atoms with E-state index < -0.39 is 11.6 Å². The number of nitrogens with zero attached hydrogens (tertiary/aromatic N) is 2. The lowest BCUT2D eigenvalue weighted by molar-refractivity contribution is 0.0610. The topological polar surface area (TPSA) is 32.8 Å². The highest BCUT2D eigenvalue weighted by molar-refractivity contribution is 5.94. The molecular formula is C16H20F2N2O2. The molecule has 22 heavy (non-hydrogen) atoms. The summed E-state index contributed by atoms with van der Waals surface area (Å²) in [5, 5.41) is 0. The standard InChI is InChI=1S/C16H20F2N2O2/c17-14-7-13(8-15(18)9-14)16(21)20-4-2-19(3-5-20)10-12-1-6-22-11-12/h7-9,12H,1-6,10-11H2/t12-/m1/s1. The molecule has 2 aliphatic rings. The van der Waals surface area contributed by atoms with Crippen molar-refractivity contribution in [2.24, 2.45) is 5.92 Å². The Morgan fingerprint density at radius 2 is 1.82 bits per heavy atom. The fraction of sp³-hybridized carbons (Fsp3) is 0.562.